The van der Waals surface area contributed by atoms with E-state index in [0.717, 1.165) is 32.1 Å². The van der Waals surface area contributed by atoms with Crippen LogP contribution in [0.4, 0.5) is 0 Å². The Kier molecular flexibility index (Phi) is 10.4. The van der Waals surface area contributed by atoms with E-state index in [1.165, 1.54) is 20.8 Å². The maximum Gasteiger partial charge on any atom is 0.305 e. The van der Waals surface area contributed by atoms with Gasteiger partial charge in [-0.15, -0.1) is 0 Å². The van der Waals surface area contributed by atoms with Crippen LogP contribution in [0.1, 0.15) is 99.3 Å². The van der Waals surface area contributed by atoms with Gasteiger partial charge in [0, 0.05) is 38.5 Å². The molecule has 0 saturated heterocycles. The maximum atomic E-state index is 12.5. The first-order valence-electron chi connectivity index (χ1n) is 16.1. The Morgan fingerprint density at radius 2 is 1.55 bits per heavy atom. The van der Waals surface area contributed by atoms with Crippen molar-refractivity contribution in [2.24, 2.45) is 46.3 Å². The van der Waals surface area contributed by atoms with Gasteiger partial charge in [-0.25, -0.2) is 0 Å². The first-order valence-corrected chi connectivity index (χ1v) is 17.7. The number of ether oxygens (including phenoxy) is 4. The van der Waals surface area contributed by atoms with Gasteiger partial charge in [0.2, 0.25) is 0 Å². The molecule has 11 nitrogen and oxygen atoms in total. The number of fused-ring (bicyclic) bond motifs is 5. The average molecular weight is 643 g/mol. The first kappa shape index (κ1) is 34.7. The third kappa shape index (κ3) is 7.26. The Morgan fingerprint density at radius 3 is 2.16 bits per heavy atom. The normalized spacial score (nSPS) is 38.7. The van der Waals surface area contributed by atoms with Crippen LogP contribution in [0.5, 0.6) is 0 Å². The van der Waals surface area contributed by atoms with E-state index >= 15 is 0 Å². The number of carbonyl (C=O) groups is 4. The Morgan fingerprint density at radius 1 is 0.886 bits per heavy atom. The summed E-state index contributed by atoms with van der Waals surface area (Å²) in [5.74, 6) is -1.33. The molecule has 0 aliphatic heterocycles. The van der Waals surface area contributed by atoms with Crippen molar-refractivity contribution in [2.75, 3.05) is 12.4 Å². The smallest absolute Gasteiger partial charge is 0.305 e. The number of esters is 4. The number of hydrogen-bond donors (Lipinski definition) is 1. The molecule has 4 aliphatic carbocycles. The fourth-order valence-corrected chi connectivity index (χ4v) is 10.3. The van der Waals surface area contributed by atoms with Crippen molar-refractivity contribution in [1.29, 1.82) is 0 Å². The van der Waals surface area contributed by atoms with Crippen molar-refractivity contribution >= 4 is 34.0 Å². The van der Waals surface area contributed by atoms with E-state index in [9.17, 15) is 27.6 Å². The van der Waals surface area contributed by atoms with Crippen molar-refractivity contribution in [3.8, 4) is 0 Å². The highest BCUT2D eigenvalue weighted by atomic mass is 32.2. The van der Waals surface area contributed by atoms with Crippen LogP contribution in [0.2, 0.25) is 0 Å². The van der Waals surface area contributed by atoms with Crippen molar-refractivity contribution in [1.82, 2.24) is 0 Å². The van der Waals surface area contributed by atoms with Gasteiger partial charge in [0.25, 0.3) is 10.1 Å². The van der Waals surface area contributed by atoms with Gasteiger partial charge in [-0.2, -0.15) is 8.42 Å². The predicted molar refractivity (Wildman–Crippen MR) is 158 cm³/mol. The second-order valence-electron chi connectivity index (χ2n) is 14.3. The molecule has 0 spiro atoms. The van der Waals surface area contributed by atoms with Crippen molar-refractivity contribution in [2.45, 2.75) is 118 Å². The van der Waals surface area contributed by atoms with Crippen LogP contribution in [-0.4, -0.2) is 67.5 Å². The summed E-state index contributed by atoms with van der Waals surface area (Å²) in [5, 5.41) is 0. The standard InChI is InChI=1S/C32H50O11S/c1-18(7-10-29(36)40-13-14-44(37,38)39)24-8-9-25-30-26(17-28(32(24,25)6)43-21(4)35)31(5)12-11-23(41-19(2)33)15-22(31)16-27(30)42-20(3)34/h18,22-28,30H,7-17H2,1-6H3,(H,37,38,39)/t18-,22?,23?,24-,25+,26+,27?,28?,30+,31?,32-/m1/s1. The van der Waals surface area contributed by atoms with Gasteiger partial charge >= 0.3 is 23.9 Å². The molecular formula is C32H50O11S. The van der Waals surface area contributed by atoms with Gasteiger partial charge < -0.3 is 18.9 Å². The minimum atomic E-state index is -4.21. The lowest BCUT2D eigenvalue weighted by Crippen LogP contribution is -2.63. The van der Waals surface area contributed by atoms with Gasteiger partial charge in [-0.05, 0) is 86.4 Å². The van der Waals surface area contributed by atoms with Crippen LogP contribution >= 0.6 is 0 Å². The molecule has 4 fully saturated rings. The molecular weight excluding hydrogens is 592 g/mol. The van der Waals surface area contributed by atoms with E-state index in [1.54, 1.807) is 0 Å². The van der Waals surface area contributed by atoms with Gasteiger partial charge in [0.05, 0.1) is 0 Å². The third-order valence-corrected chi connectivity index (χ3v) is 12.5. The summed E-state index contributed by atoms with van der Waals surface area (Å²) >= 11 is 0. The predicted octanol–water partition coefficient (Wildman–Crippen LogP) is 4.51. The molecule has 5 unspecified atom stereocenters. The largest absolute Gasteiger partial charge is 0.464 e. The average Bonchev–Trinajstić information content (AvgIpc) is 3.25. The molecule has 0 aromatic carbocycles. The Hall–Kier alpha value is -2.21. The first-order chi connectivity index (χ1) is 20.5. The van der Waals surface area contributed by atoms with Crippen molar-refractivity contribution < 1.29 is 51.1 Å². The fourth-order valence-electron chi connectivity index (χ4n) is 10.00. The number of hydrogen-bond acceptors (Lipinski definition) is 10. The van der Waals surface area contributed by atoms with E-state index in [4.69, 9.17) is 23.5 Å². The minimum Gasteiger partial charge on any atom is -0.464 e. The number of carbonyl (C=O) groups excluding carboxylic acids is 4. The lowest BCUT2D eigenvalue weighted by atomic mass is 9.43. The van der Waals surface area contributed by atoms with E-state index in [1.807, 2.05) is 0 Å². The molecule has 0 aromatic rings. The Balaban J connectivity index is 1.59. The molecule has 0 heterocycles. The maximum absolute atomic E-state index is 12.5. The second-order valence-corrected chi connectivity index (χ2v) is 15.9. The van der Waals surface area contributed by atoms with Crippen LogP contribution in [-0.2, 0) is 48.2 Å². The van der Waals surface area contributed by atoms with E-state index < -0.39 is 33.9 Å². The topological polar surface area (TPSA) is 160 Å². The fraction of sp³-hybridized carbons (Fsp3) is 0.875. The van der Waals surface area contributed by atoms with Gasteiger partial charge in [-0.3, -0.25) is 23.7 Å². The summed E-state index contributed by atoms with van der Waals surface area (Å²) < 4.78 is 53.7. The highest BCUT2D eigenvalue weighted by molar-refractivity contribution is 7.85. The molecule has 12 heteroatoms. The molecule has 0 radical (unpaired) electrons. The van der Waals surface area contributed by atoms with Gasteiger partial charge in [0.15, 0.2) is 0 Å². The van der Waals surface area contributed by atoms with Crippen LogP contribution in [0.15, 0.2) is 0 Å². The molecule has 11 atom stereocenters. The Bertz CT molecular complexity index is 1220. The minimum absolute atomic E-state index is 0.0759. The second kappa shape index (κ2) is 13.3. The van der Waals surface area contributed by atoms with Crippen LogP contribution < -0.4 is 0 Å². The van der Waals surface area contributed by atoms with Crippen molar-refractivity contribution in [3.05, 3.63) is 0 Å². The summed E-state index contributed by atoms with van der Waals surface area (Å²) in [7, 11) is -4.21. The lowest BCUT2D eigenvalue weighted by Gasteiger charge is -2.64. The monoisotopic (exact) mass is 642 g/mol. The molecule has 4 saturated carbocycles. The highest BCUT2D eigenvalue weighted by Crippen LogP contribution is 2.69. The van der Waals surface area contributed by atoms with E-state index in [-0.39, 0.29) is 83.6 Å². The Labute approximate surface area is 261 Å². The molecule has 1 N–H and O–H groups in total. The summed E-state index contributed by atoms with van der Waals surface area (Å²) in [6.07, 6.45) is 5.32. The van der Waals surface area contributed by atoms with Crippen LogP contribution in [0.3, 0.4) is 0 Å². The quantitative estimate of drug-likeness (QED) is 0.203. The molecule has 4 aliphatic rings. The highest BCUT2D eigenvalue weighted by Gasteiger charge is 2.67. The summed E-state index contributed by atoms with van der Waals surface area (Å²) in [6.45, 7) is 10.5. The molecule has 0 amide bonds. The SMILES string of the molecule is CC(=O)OC1CCC2(C)C(C1)CC(OC(C)=O)[C@@H]1[C@@H]2CC(OC(C)=O)[C@]2(C)[C@@H]([C@H](C)CCC(=O)OCCS(=O)(=O)O)CC[C@@H]12. The van der Waals surface area contributed by atoms with E-state index in [0.29, 0.717) is 19.3 Å². The van der Waals surface area contributed by atoms with Crippen molar-refractivity contribution in [3.63, 3.8) is 0 Å². The summed E-state index contributed by atoms with van der Waals surface area (Å²) in [5.41, 5.74) is -0.495. The molecule has 4 rings (SSSR count). The molecule has 250 valence electrons. The van der Waals surface area contributed by atoms with Crippen LogP contribution in [0.25, 0.3) is 0 Å². The summed E-state index contributed by atoms with van der Waals surface area (Å²) in [6, 6.07) is 0. The van der Waals surface area contributed by atoms with Crippen LogP contribution in [0, 0.1) is 46.3 Å². The van der Waals surface area contributed by atoms with E-state index in [2.05, 4.69) is 20.8 Å². The molecule has 44 heavy (non-hydrogen) atoms. The zero-order chi connectivity index (χ0) is 32.6. The third-order valence-electron chi connectivity index (χ3n) is 11.8. The lowest BCUT2D eigenvalue weighted by molar-refractivity contribution is -0.224. The van der Waals surface area contributed by atoms with Gasteiger partial charge in [0.1, 0.15) is 30.7 Å². The zero-order valence-electron chi connectivity index (χ0n) is 26.9. The summed E-state index contributed by atoms with van der Waals surface area (Å²) in [4.78, 5) is 49.1. The molecule has 0 aromatic heterocycles. The zero-order valence-corrected chi connectivity index (χ0v) is 27.7. The number of rotatable bonds is 10. The molecule has 0 bridgehead atoms. The van der Waals surface area contributed by atoms with Gasteiger partial charge in [-0.1, -0.05) is 20.8 Å².